The van der Waals surface area contributed by atoms with E-state index in [1.54, 1.807) is 13.8 Å². The first-order valence-corrected chi connectivity index (χ1v) is 7.62. The van der Waals surface area contributed by atoms with Crippen LogP contribution < -0.4 is 10.5 Å². The van der Waals surface area contributed by atoms with Gasteiger partial charge in [-0.2, -0.15) is 0 Å². The van der Waals surface area contributed by atoms with Gasteiger partial charge in [0.25, 0.3) is 0 Å². The van der Waals surface area contributed by atoms with Crippen LogP contribution in [0.5, 0.6) is 0 Å². The highest BCUT2D eigenvalue weighted by Crippen LogP contribution is 2.26. The molecule has 20 heavy (non-hydrogen) atoms. The lowest BCUT2D eigenvalue weighted by atomic mass is 10.2. The van der Waals surface area contributed by atoms with Crippen molar-refractivity contribution < 1.29 is 12.8 Å². The van der Waals surface area contributed by atoms with Gasteiger partial charge in [-0.3, -0.25) is 0 Å². The average Bonchev–Trinajstić information content (AvgIpc) is 2.79. The minimum Gasteiger partial charge on any atom is -0.445 e. The largest absolute Gasteiger partial charge is 0.445 e. The van der Waals surface area contributed by atoms with Crippen LogP contribution in [0.3, 0.4) is 0 Å². The maximum Gasteiger partial charge on any atom is 0.241 e. The topological polar surface area (TPSA) is 98.2 Å². The van der Waals surface area contributed by atoms with Gasteiger partial charge in [0.2, 0.25) is 15.9 Å². The van der Waals surface area contributed by atoms with Crippen molar-refractivity contribution in [2.75, 3.05) is 5.73 Å². The number of nitrogens with zero attached hydrogens (tertiary/aromatic N) is 1. The lowest BCUT2D eigenvalue weighted by molar-refractivity contribution is 0.463. The molecule has 2 rings (SSSR count). The van der Waals surface area contributed by atoms with Crippen molar-refractivity contribution in [3.63, 3.8) is 0 Å². The van der Waals surface area contributed by atoms with Crippen LogP contribution in [0.15, 0.2) is 27.6 Å². The molecule has 0 saturated heterocycles. The highest BCUT2D eigenvalue weighted by Gasteiger charge is 2.17. The molecule has 0 radical (unpaired) electrons. The van der Waals surface area contributed by atoms with Crippen LogP contribution in [0.1, 0.15) is 17.2 Å². The molecule has 0 aliphatic rings. The smallest absolute Gasteiger partial charge is 0.241 e. The van der Waals surface area contributed by atoms with Crippen molar-refractivity contribution in [3.8, 4) is 0 Å². The Hall–Kier alpha value is -1.57. The Morgan fingerprint density at radius 1 is 1.40 bits per heavy atom. The number of anilines is 1. The van der Waals surface area contributed by atoms with Gasteiger partial charge in [-0.15, -0.1) is 0 Å². The van der Waals surface area contributed by atoms with Crippen molar-refractivity contribution in [1.29, 1.82) is 0 Å². The third-order valence-electron chi connectivity index (χ3n) is 2.65. The predicted molar refractivity (Wildman–Crippen MR) is 75.9 cm³/mol. The summed E-state index contributed by atoms with van der Waals surface area (Å²) in [5.74, 6) is 0.913. The molecule has 0 unspecified atom stereocenters. The van der Waals surface area contributed by atoms with Crippen molar-refractivity contribution in [1.82, 2.24) is 9.71 Å². The molecular formula is C12H14ClN3O3S. The van der Waals surface area contributed by atoms with Crippen LogP contribution in [0.25, 0.3) is 0 Å². The summed E-state index contributed by atoms with van der Waals surface area (Å²) in [6.45, 7) is 3.39. The van der Waals surface area contributed by atoms with Crippen LogP contribution in [-0.2, 0) is 16.6 Å². The monoisotopic (exact) mass is 315 g/mol. The van der Waals surface area contributed by atoms with Gasteiger partial charge in [0, 0.05) is 0 Å². The molecule has 108 valence electrons. The van der Waals surface area contributed by atoms with Gasteiger partial charge in [0.15, 0.2) is 0 Å². The minimum absolute atomic E-state index is 0.0300. The van der Waals surface area contributed by atoms with Crippen molar-refractivity contribution >= 4 is 27.3 Å². The molecule has 0 spiro atoms. The summed E-state index contributed by atoms with van der Waals surface area (Å²) in [6.07, 6.45) is 1.52. The molecule has 6 nitrogen and oxygen atoms in total. The summed E-state index contributed by atoms with van der Waals surface area (Å²) in [7, 11) is -3.70. The molecule has 1 aromatic carbocycles. The van der Waals surface area contributed by atoms with E-state index < -0.39 is 10.0 Å². The van der Waals surface area contributed by atoms with Gasteiger partial charge in [-0.1, -0.05) is 11.6 Å². The summed E-state index contributed by atoms with van der Waals surface area (Å²) in [5, 5.41) is 0.354. The summed E-state index contributed by atoms with van der Waals surface area (Å²) >= 11 is 5.91. The Kier molecular flexibility index (Phi) is 4.03. The maximum atomic E-state index is 12.1. The fraction of sp³-hybridized carbons (Fsp3) is 0.250. The molecule has 8 heteroatoms. The summed E-state index contributed by atoms with van der Waals surface area (Å²) in [6, 6.07) is 2.78. The molecule has 1 heterocycles. The fourth-order valence-corrected chi connectivity index (χ4v) is 2.84. The summed E-state index contributed by atoms with van der Waals surface area (Å²) in [5.41, 5.74) is 6.49. The number of oxazole rings is 1. The highest BCUT2D eigenvalue weighted by molar-refractivity contribution is 7.89. The summed E-state index contributed by atoms with van der Waals surface area (Å²) in [4.78, 5) is 3.98. The first-order valence-electron chi connectivity index (χ1n) is 5.76. The second kappa shape index (κ2) is 5.43. The Labute approximate surface area is 122 Å². The number of nitrogens with two attached hydrogens (primary N) is 1. The Morgan fingerprint density at radius 2 is 2.10 bits per heavy atom. The van der Waals surface area contributed by atoms with E-state index in [0.29, 0.717) is 22.2 Å². The predicted octanol–water partition coefficient (Wildman–Crippen LogP) is 2.01. The van der Waals surface area contributed by atoms with Gasteiger partial charge < -0.3 is 10.2 Å². The third kappa shape index (κ3) is 3.12. The van der Waals surface area contributed by atoms with E-state index in [0.717, 1.165) is 0 Å². The number of aryl methyl sites for hydroxylation is 2. The van der Waals surface area contributed by atoms with Crippen LogP contribution in [-0.4, -0.2) is 13.4 Å². The van der Waals surface area contributed by atoms with E-state index in [2.05, 4.69) is 9.71 Å². The van der Waals surface area contributed by atoms with E-state index in [9.17, 15) is 8.42 Å². The van der Waals surface area contributed by atoms with Gasteiger partial charge in [0.05, 0.1) is 28.3 Å². The second-order valence-electron chi connectivity index (χ2n) is 4.33. The number of hydrogen-bond donors (Lipinski definition) is 2. The quantitative estimate of drug-likeness (QED) is 0.841. The van der Waals surface area contributed by atoms with Gasteiger partial charge in [-0.25, -0.2) is 18.1 Å². The Morgan fingerprint density at radius 3 is 2.65 bits per heavy atom. The molecule has 0 bridgehead atoms. The van der Waals surface area contributed by atoms with E-state index in [-0.39, 0.29) is 17.1 Å². The van der Waals surface area contributed by atoms with E-state index in [1.165, 1.54) is 18.3 Å². The molecule has 0 aliphatic heterocycles. The molecule has 0 aliphatic carbocycles. The molecule has 1 aromatic heterocycles. The standard InChI is InChI=1S/C12H14ClN3O3S/c1-7-3-9(4-10(14)12(7)13)20(17,18)16-6-11-15-5-8(2)19-11/h3-5,16H,6,14H2,1-2H3. The minimum atomic E-state index is -3.70. The zero-order valence-corrected chi connectivity index (χ0v) is 12.5. The zero-order chi connectivity index (χ0) is 14.9. The first-order chi connectivity index (χ1) is 9.29. The third-order valence-corrected chi connectivity index (χ3v) is 4.55. The van der Waals surface area contributed by atoms with Gasteiger partial charge >= 0.3 is 0 Å². The fourth-order valence-electron chi connectivity index (χ4n) is 1.64. The summed E-state index contributed by atoms with van der Waals surface area (Å²) < 4.78 is 31.9. The molecule has 0 atom stereocenters. The van der Waals surface area contributed by atoms with Crippen molar-refractivity contribution in [3.05, 3.63) is 40.6 Å². The molecule has 0 saturated carbocycles. The van der Waals surface area contributed by atoms with Crippen molar-refractivity contribution in [2.24, 2.45) is 0 Å². The Bertz CT molecular complexity index is 717. The number of sulfonamides is 1. The van der Waals surface area contributed by atoms with Crippen LogP contribution in [0, 0.1) is 13.8 Å². The van der Waals surface area contributed by atoms with Crippen molar-refractivity contribution in [2.45, 2.75) is 25.3 Å². The number of halogens is 1. The number of nitrogen functional groups attached to an aromatic ring is 1. The molecular weight excluding hydrogens is 302 g/mol. The SMILES string of the molecule is Cc1cnc(CNS(=O)(=O)c2cc(C)c(Cl)c(N)c2)o1. The number of nitrogens with one attached hydrogen (secondary N) is 1. The highest BCUT2D eigenvalue weighted by atomic mass is 35.5. The number of hydrogen-bond acceptors (Lipinski definition) is 5. The molecule has 0 fully saturated rings. The van der Waals surface area contributed by atoms with E-state index in [1.807, 2.05) is 0 Å². The van der Waals surface area contributed by atoms with E-state index >= 15 is 0 Å². The van der Waals surface area contributed by atoms with Crippen LogP contribution in [0.2, 0.25) is 5.02 Å². The number of benzene rings is 1. The van der Waals surface area contributed by atoms with Gasteiger partial charge in [0.1, 0.15) is 5.76 Å². The molecule has 2 aromatic rings. The lowest BCUT2D eigenvalue weighted by Gasteiger charge is -2.09. The normalized spacial score (nSPS) is 11.8. The number of rotatable bonds is 4. The Balaban J connectivity index is 2.22. The van der Waals surface area contributed by atoms with Crippen LogP contribution >= 0.6 is 11.6 Å². The zero-order valence-electron chi connectivity index (χ0n) is 11.0. The molecule has 3 N–H and O–H groups in total. The number of aromatic nitrogens is 1. The van der Waals surface area contributed by atoms with Gasteiger partial charge in [-0.05, 0) is 31.5 Å². The maximum absolute atomic E-state index is 12.1. The second-order valence-corrected chi connectivity index (χ2v) is 6.48. The lowest BCUT2D eigenvalue weighted by Crippen LogP contribution is -2.23. The van der Waals surface area contributed by atoms with Crippen LogP contribution in [0.4, 0.5) is 5.69 Å². The van der Waals surface area contributed by atoms with E-state index in [4.69, 9.17) is 21.8 Å². The average molecular weight is 316 g/mol. The first kappa shape index (κ1) is 14.8. The molecule has 0 amide bonds.